The summed E-state index contributed by atoms with van der Waals surface area (Å²) in [7, 11) is 0. The van der Waals surface area contributed by atoms with E-state index in [0.717, 1.165) is 12.0 Å². The Balaban J connectivity index is 1.86. The summed E-state index contributed by atoms with van der Waals surface area (Å²) in [5.74, 6) is -0.243. The predicted molar refractivity (Wildman–Crippen MR) is 110 cm³/mol. The van der Waals surface area contributed by atoms with Gasteiger partial charge < -0.3 is 10.6 Å². The molecule has 0 saturated heterocycles. The lowest BCUT2D eigenvalue weighted by atomic mass is 9.93. The van der Waals surface area contributed by atoms with Gasteiger partial charge in [-0.05, 0) is 42.7 Å². The molecule has 1 atom stereocenters. The van der Waals surface area contributed by atoms with Crippen LogP contribution in [0.15, 0.2) is 70.5 Å². The number of amides is 1. The fraction of sp³-hybridized carbons (Fsp3) is 0.182. The van der Waals surface area contributed by atoms with Crippen molar-refractivity contribution < 1.29 is 4.79 Å². The van der Waals surface area contributed by atoms with E-state index >= 15 is 0 Å². The van der Waals surface area contributed by atoms with E-state index in [-0.39, 0.29) is 17.6 Å². The highest BCUT2D eigenvalue weighted by atomic mass is 16.2. The van der Waals surface area contributed by atoms with Gasteiger partial charge in [0.2, 0.25) is 0 Å². The summed E-state index contributed by atoms with van der Waals surface area (Å²) in [6, 6.07) is 16.9. The van der Waals surface area contributed by atoms with Gasteiger partial charge in [-0.3, -0.25) is 4.79 Å². The first-order valence-corrected chi connectivity index (χ1v) is 8.95. The van der Waals surface area contributed by atoms with Crippen LogP contribution in [0.5, 0.6) is 0 Å². The Bertz CT molecular complexity index is 998. The van der Waals surface area contributed by atoms with Crippen LogP contribution in [0.1, 0.15) is 35.2 Å². The van der Waals surface area contributed by atoms with Crippen LogP contribution in [-0.4, -0.2) is 29.8 Å². The first-order valence-electron chi connectivity index (χ1n) is 8.95. The molecule has 0 saturated carbocycles. The van der Waals surface area contributed by atoms with E-state index in [1.807, 2.05) is 25.1 Å². The molecule has 28 heavy (non-hydrogen) atoms. The van der Waals surface area contributed by atoms with Gasteiger partial charge in [-0.15, -0.1) is 0 Å². The van der Waals surface area contributed by atoms with Gasteiger partial charge in [-0.2, -0.15) is 15.5 Å². The summed E-state index contributed by atoms with van der Waals surface area (Å²) < 4.78 is 0. The molecule has 2 aromatic carbocycles. The molecule has 6 nitrogen and oxygen atoms in total. The summed E-state index contributed by atoms with van der Waals surface area (Å²) in [6.07, 6.45) is 2.30. The van der Waals surface area contributed by atoms with Gasteiger partial charge in [0.25, 0.3) is 5.91 Å². The third-order valence-corrected chi connectivity index (χ3v) is 4.88. The van der Waals surface area contributed by atoms with Gasteiger partial charge in [0, 0.05) is 18.8 Å². The maximum Gasteiger partial charge on any atom is 0.270 e. The molecule has 0 spiro atoms. The van der Waals surface area contributed by atoms with Crippen LogP contribution in [0.3, 0.4) is 0 Å². The van der Waals surface area contributed by atoms with Crippen LogP contribution in [0.25, 0.3) is 0 Å². The molecule has 1 aliphatic rings. The Hall–Kier alpha value is -3.72. The molecule has 3 rings (SSSR count). The van der Waals surface area contributed by atoms with Crippen LogP contribution >= 0.6 is 0 Å². The molecule has 1 heterocycles. The Labute approximate surface area is 164 Å². The lowest BCUT2D eigenvalue weighted by Crippen LogP contribution is -2.41. The van der Waals surface area contributed by atoms with E-state index in [0.29, 0.717) is 23.4 Å². The highest BCUT2D eigenvalue weighted by molar-refractivity contribution is 6.12. The van der Waals surface area contributed by atoms with Gasteiger partial charge in [0.15, 0.2) is 0 Å². The number of fused-ring (bicyclic) bond motifs is 1. The molecule has 0 radical (unpaired) electrons. The quantitative estimate of drug-likeness (QED) is 0.508. The topological polar surface area (TPSA) is 94.8 Å². The summed E-state index contributed by atoms with van der Waals surface area (Å²) in [5, 5.41) is 16.5. The van der Waals surface area contributed by atoms with Crippen molar-refractivity contribution >= 4 is 18.3 Å². The number of nitrogens with two attached hydrogens (primary N) is 1. The van der Waals surface area contributed by atoms with Gasteiger partial charge in [0.1, 0.15) is 0 Å². The van der Waals surface area contributed by atoms with Crippen molar-refractivity contribution in [1.82, 2.24) is 4.90 Å². The number of allylic oxidation sites excluding steroid dienone is 1. The van der Waals surface area contributed by atoms with E-state index in [4.69, 9.17) is 11.0 Å². The molecule has 0 bridgehead atoms. The molecule has 0 aromatic heterocycles. The average molecular weight is 371 g/mol. The molecule has 2 aromatic rings. The average Bonchev–Trinajstić information content (AvgIpc) is 2.73. The molecule has 6 heteroatoms. The van der Waals surface area contributed by atoms with Crippen molar-refractivity contribution in [3.8, 4) is 6.07 Å². The zero-order valence-electron chi connectivity index (χ0n) is 15.7. The molecule has 0 fully saturated rings. The fourth-order valence-corrected chi connectivity index (χ4v) is 3.39. The van der Waals surface area contributed by atoms with E-state index in [2.05, 4.69) is 29.1 Å². The monoisotopic (exact) mass is 371 g/mol. The highest BCUT2D eigenvalue weighted by Crippen LogP contribution is 2.29. The van der Waals surface area contributed by atoms with Crippen LogP contribution < -0.4 is 5.73 Å². The molecule has 1 amide bonds. The molecular weight excluding hydrogens is 350 g/mol. The number of hydrogen-bond acceptors (Lipinski definition) is 5. The molecular formula is C22H21N5O. The minimum atomic E-state index is -0.243. The highest BCUT2D eigenvalue weighted by Gasteiger charge is 2.28. The number of carbonyl (C=O) groups excluding carboxylic acids is 1. The summed E-state index contributed by atoms with van der Waals surface area (Å²) in [4.78, 5) is 14.7. The maximum atomic E-state index is 13.0. The second-order valence-corrected chi connectivity index (χ2v) is 6.54. The number of hydrogen-bond donors (Lipinski definition) is 1. The summed E-state index contributed by atoms with van der Waals surface area (Å²) in [6.45, 7) is 5.99. The Kier molecular flexibility index (Phi) is 5.66. The smallest absolute Gasteiger partial charge is 0.270 e. The SMILES string of the molecule is C=NN=C(C=C(N)C(=O)N1CCc2ccccc2[C@H]1C)c1ccc(C#N)cc1. The van der Waals surface area contributed by atoms with E-state index in [9.17, 15) is 4.79 Å². The van der Waals surface area contributed by atoms with Crippen LogP contribution in [0, 0.1) is 11.3 Å². The minimum absolute atomic E-state index is 0.0581. The van der Waals surface area contributed by atoms with Gasteiger partial charge in [-0.25, -0.2) is 0 Å². The molecule has 140 valence electrons. The van der Waals surface area contributed by atoms with Crippen molar-refractivity contribution in [2.75, 3.05) is 6.54 Å². The maximum absolute atomic E-state index is 13.0. The zero-order valence-corrected chi connectivity index (χ0v) is 15.7. The first-order chi connectivity index (χ1) is 13.5. The van der Waals surface area contributed by atoms with Crippen LogP contribution in [0.2, 0.25) is 0 Å². The second-order valence-electron chi connectivity index (χ2n) is 6.54. The van der Waals surface area contributed by atoms with Crippen LogP contribution in [-0.2, 0) is 11.2 Å². The van der Waals surface area contributed by atoms with E-state index in [1.54, 1.807) is 29.2 Å². The predicted octanol–water partition coefficient (Wildman–Crippen LogP) is 2.95. The van der Waals surface area contributed by atoms with Gasteiger partial charge >= 0.3 is 0 Å². The number of benzene rings is 2. The van der Waals surface area contributed by atoms with Crippen molar-refractivity contribution in [2.24, 2.45) is 15.9 Å². The number of nitriles is 1. The molecule has 2 N–H and O–H groups in total. The van der Waals surface area contributed by atoms with Gasteiger partial charge in [-0.1, -0.05) is 36.4 Å². The number of nitrogens with zero attached hydrogens (tertiary/aromatic N) is 4. The lowest BCUT2D eigenvalue weighted by Gasteiger charge is -2.35. The van der Waals surface area contributed by atoms with Crippen molar-refractivity contribution in [3.63, 3.8) is 0 Å². The standard InChI is InChI=1S/C22H21N5O/c1-15-19-6-4-3-5-17(19)11-12-27(15)22(28)20(24)13-21(26-25-2)18-9-7-16(14-23)8-10-18/h3-10,13,15H,2,11-12,24H2,1H3/t15-/m1/s1. The molecule has 0 aliphatic carbocycles. The normalized spacial score (nSPS) is 16.9. The second kappa shape index (κ2) is 8.31. The third-order valence-electron chi connectivity index (χ3n) is 4.88. The summed E-state index contributed by atoms with van der Waals surface area (Å²) in [5.41, 5.74) is 10.3. The largest absolute Gasteiger partial charge is 0.394 e. The van der Waals surface area contributed by atoms with Crippen LogP contribution in [0.4, 0.5) is 0 Å². The molecule has 1 aliphatic heterocycles. The lowest BCUT2D eigenvalue weighted by molar-refractivity contribution is -0.129. The van der Waals surface area contributed by atoms with Crippen molar-refractivity contribution in [1.29, 1.82) is 5.26 Å². The number of rotatable bonds is 4. The van der Waals surface area contributed by atoms with E-state index < -0.39 is 0 Å². The fourth-order valence-electron chi connectivity index (χ4n) is 3.39. The Morgan fingerprint density at radius 2 is 2.00 bits per heavy atom. The summed E-state index contributed by atoms with van der Waals surface area (Å²) >= 11 is 0. The first kappa shape index (κ1) is 19.1. The van der Waals surface area contributed by atoms with E-state index in [1.165, 1.54) is 11.6 Å². The number of carbonyl (C=O) groups is 1. The zero-order chi connectivity index (χ0) is 20.1. The minimum Gasteiger partial charge on any atom is -0.394 e. The van der Waals surface area contributed by atoms with Crippen molar-refractivity contribution in [2.45, 2.75) is 19.4 Å². The van der Waals surface area contributed by atoms with Gasteiger partial charge in [0.05, 0.1) is 29.1 Å². The Morgan fingerprint density at radius 1 is 1.29 bits per heavy atom. The third kappa shape index (κ3) is 3.84. The Morgan fingerprint density at radius 3 is 2.68 bits per heavy atom. The van der Waals surface area contributed by atoms with Crippen molar-refractivity contribution in [3.05, 3.63) is 82.6 Å². The molecule has 0 unspecified atom stereocenters.